The summed E-state index contributed by atoms with van der Waals surface area (Å²) in [7, 11) is 0. The second-order valence-corrected chi connectivity index (χ2v) is 5.96. The Bertz CT molecular complexity index is 536. The molecule has 2 atom stereocenters. The van der Waals surface area contributed by atoms with Crippen LogP contribution in [-0.2, 0) is 4.79 Å². The van der Waals surface area contributed by atoms with Gasteiger partial charge in [-0.15, -0.1) is 0 Å². The van der Waals surface area contributed by atoms with Gasteiger partial charge in [0, 0.05) is 18.2 Å². The zero-order chi connectivity index (χ0) is 14.3. The van der Waals surface area contributed by atoms with Gasteiger partial charge < -0.3 is 10.0 Å². The van der Waals surface area contributed by atoms with Crippen LogP contribution in [0.15, 0.2) is 6.07 Å². The van der Waals surface area contributed by atoms with Gasteiger partial charge in [0.05, 0.1) is 0 Å². The number of aromatic amines is 1. The molecule has 1 saturated carbocycles. The number of rotatable bonds is 3. The first kappa shape index (κ1) is 13.1. The van der Waals surface area contributed by atoms with E-state index < -0.39 is 12.0 Å². The average molecular weight is 277 g/mol. The average Bonchev–Trinajstić information content (AvgIpc) is 3.15. The molecule has 1 amide bonds. The number of aliphatic carboxylic acids is 1. The van der Waals surface area contributed by atoms with Crippen LogP contribution in [0.25, 0.3) is 0 Å². The number of nitrogens with one attached hydrogen (secondary N) is 1. The summed E-state index contributed by atoms with van der Waals surface area (Å²) in [5.41, 5.74) is 1.33. The fourth-order valence-electron chi connectivity index (χ4n) is 2.82. The summed E-state index contributed by atoms with van der Waals surface area (Å²) in [5, 5.41) is 16.3. The minimum Gasteiger partial charge on any atom is -0.480 e. The fraction of sp³-hybridized carbons (Fsp3) is 0.643. The molecule has 20 heavy (non-hydrogen) atoms. The van der Waals surface area contributed by atoms with Crippen molar-refractivity contribution in [1.82, 2.24) is 15.1 Å². The van der Waals surface area contributed by atoms with Crippen molar-refractivity contribution >= 4 is 11.9 Å². The first-order valence-electron chi connectivity index (χ1n) is 7.15. The lowest BCUT2D eigenvalue weighted by atomic mass is 9.92. The molecule has 3 rings (SSSR count). The Hall–Kier alpha value is -1.85. The molecular formula is C14H19N3O3. The Kier molecular flexibility index (Phi) is 3.23. The number of hydrogen-bond donors (Lipinski definition) is 2. The number of amides is 1. The van der Waals surface area contributed by atoms with E-state index in [0.29, 0.717) is 30.5 Å². The molecule has 2 heterocycles. The van der Waals surface area contributed by atoms with Crippen molar-refractivity contribution in [3.8, 4) is 0 Å². The Morgan fingerprint density at radius 1 is 1.40 bits per heavy atom. The van der Waals surface area contributed by atoms with Crippen LogP contribution in [-0.4, -0.2) is 44.7 Å². The number of likely N-dealkylation sites (tertiary alicyclic amines) is 1. The molecule has 1 aromatic heterocycles. The third-order valence-electron chi connectivity index (χ3n) is 4.24. The van der Waals surface area contributed by atoms with Crippen molar-refractivity contribution in [2.75, 3.05) is 6.54 Å². The number of carbonyl (C=O) groups is 2. The highest BCUT2D eigenvalue weighted by Crippen LogP contribution is 2.39. The number of carboxylic acid groups (broad SMARTS) is 1. The molecule has 0 bridgehead atoms. The van der Waals surface area contributed by atoms with E-state index in [9.17, 15) is 14.7 Å². The van der Waals surface area contributed by atoms with Crippen molar-refractivity contribution in [3.05, 3.63) is 17.5 Å². The Labute approximate surface area is 117 Å². The van der Waals surface area contributed by atoms with Crippen molar-refractivity contribution in [2.45, 2.75) is 44.6 Å². The highest BCUT2D eigenvalue weighted by Gasteiger charge is 2.36. The molecule has 1 aliphatic heterocycles. The monoisotopic (exact) mass is 277 g/mol. The molecule has 108 valence electrons. The van der Waals surface area contributed by atoms with Gasteiger partial charge in [0.15, 0.2) is 0 Å². The zero-order valence-electron chi connectivity index (χ0n) is 11.5. The smallest absolute Gasteiger partial charge is 0.326 e. The van der Waals surface area contributed by atoms with Gasteiger partial charge >= 0.3 is 5.97 Å². The molecular weight excluding hydrogens is 258 g/mol. The number of nitrogens with zero attached hydrogens (tertiary/aromatic N) is 2. The van der Waals surface area contributed by atoms with Crippen LogP contribution in [0.2, 0.25) is 0 Å². The fourth-order valence-corrected chi connectivity index (χ4v) is 2.82. The predicted molar refractivity (Wildman–Crippen MR) is 71.4 cm³/mol. The van der Waals surface area contributed by atoms with Gasteiger partial charge in [-0.25, -0.2) is 4.79 Å². The first-order chi connectivity index (χ1) is 9.56. The predicted octanol–water partition coefficient (Wildman–Crippen LogP) is 1.61. The number of aromatic nitrogens is 2. The van der Waals surface area contributed by atoms with Gasteiger partial charge in [0.25, 0.3) is 5.91 Å². The van der Waals surface area contributed by atoms with E-state index in [1.807, 2.05) is 6.92 Å². The van der Waals surface area contributed by atoms with Gasteiger partial charge in [-0.2, -0.15) is 5.10 Å². The van der Waals surface area contributed by atoms with Gasteiger partial charge in [-0.3, -0.25) is 9.89 Å². The van der Waals surface area contributed by atoms with E-state index in [4.69, 9.17) is 0 Å². The molecule has 0 radical (unpaired) electrons. The number of carboxylic acids is 1. The van der Waals surface area contributed by atoms with E-state index in [0.717, 1.165) is 25.0 Å². The highest BCUT2D eigenvalue weighted by atomic mass is 16.4. The van der Waals surface area contributed by atoms with Crippen molar-refractivity contribution in [1.29, 1.82) is 0 Å². The third kappa shape index (κ3) is 2.42. The van der Waals surface area contributed by atoms with E-state index in [2.05, 4.69) is 10.2 Å². The summed E-state index contributed by atoms with van der Waals surface area (Å²) in [6, 6.07) is 1.05. The molecule has 6 heteroatoms. The number of H-pyrrole nitrogens is 1. The lowest BCUT2D eigenvalue weighted by molar-refractivity contribution is -0.144. The molecule has 1 saturated heterocycles. The van der Waals surface area contributed by atoms with E-state index >= 15 is 0 Å². The minimum absolute atomic E-state index is 0.271. The Morgan fingerprint density at radius 3 is 2.80 bits per heavy atom. The van der Waals surface area contributed by atoms with Crippen molar-refractivity contribution in [2.24, 2.45) is 5.92 Å². The lowest BCUT2D eigenvalue weighted by Crippen LogP contribution is -2.49. The maximum absolute atomic E-state index is 12.5. The minimum atomic E-state index is -0.928. The molecule has 6 nitrogen and oxygen atoms in total. The maximum Gasteiger partial charge on any atom is 0.326 e. The van der Waals surface area contributed by atoms with Gasteiger partial charge in [0.2, 0.25) is 0 Å². The molecule has 0 aromatic carbocycles. The van der Waals surface area contributed by atoms with Crippen LogP contribution in [0.3, 0.4) is 0 Å². The molecule has 2 aliphatic rings. The van der Waals surface area contributed by atoms with Crippen LogP contribution < -0.4 is 0 Å². The molecule has 1 aromatic rings. The van der Waals surface area contributed by atoms with Crippen LogP contribution in [0.4, 0.5) is 0 Å². The van der Waals surface area contributed by atoms with E-state index in [-0.39, 0.29) is 5.91 Å². The van der Waals surface area contributed by atoms with Crippen molar-refractivity contribution < 1.29 is 14.7 Å². The SMILES string of the molecule is CC1CCN(C(=O)c2cc(C3CC3)[nH]n2)C(C(=O)O)C1. The third-order valence-corrected chi connectivity index (χ3v) is 4.24. The molecule has 2 unspecified atom stereocenters. The zero-order valence-corrected chi connectivity index (χ0v) is 11.5. The van der Waals surface area contributed by atoms with Gasteiger partial charge in [-0.1, -0.05) is 6.92 Å². The van der Waals surface area contributed by atoms with Crippen molar-refractivity contribution in [3.63, 3.8) is 0 Å². The van der Waals surface area contributed by atoms with Gasteiger partial charge in [0.1, 0.15) is 11.7 Å². The highest BCUT2D eigenvalue weighted by molar-refractivity contribution is 5.95. The molecule has 1 aliphatic carbocycles. The Balaban J connectivity index is 1.78. The van der Waals surface area contributed by atoms with Crippen LogP contribution in [0, 0.1) is 5.92 Å². The quantitative estimate of drug-likeness (QED) is 0.878. The number of hydrogen-bond acceptors (Lipinski definition) is 3. The number of piperidine rings is 1. The lowest BCUT2D eigenvalue weighted by Gasteiger charge is -2.35. The number of carbonyl (C=O) groups excluding carboxylic acids is 1. The normalized spacial score (nSPS) is 26.6. The van der Waals surface area contributed by atoms with E-state index in [1.165, 1.54) is 4.90 Å². The summed E-state index contributed by atoms with van der Waals surface area (Å²) < 4.78 is 0. The molecule has 2 N–H and O–H groups in total. The largest absolute Gasteiger partial charge is 0.480 e. The van der Waals surface area contributed by atoms with Crippen LogP contribution in [0.1, 0.15) is 54.7 Å². The van der Waals surface area contributed by atoms with Crippen LogP contribution >= 0.6 is 0 Å². The van der Waals surface area contributed by atoms with E-state index in [1.54, 1.807) is 6.07 Å². The summed E-state index contributed by atoms with van der Waals surface area (Å²) in [6.07, 6.45) is 3.63. The summed E-state index contributed by atoms with van der Waals surface area (Å²) in [6.45, 7) is 2.51. The maximum atomic E-state index is 12.5. The standard InChI is InChI=1S/C14H19N3O3/c1-8-4-5-17(12(6-8)14(19)20)13(18)11-7-10(15-16-11)9-2-3-9/h7-9,12H,2-6H2,1H3,(H,15,16)(H,19,20). The summed E-state index contributed by atoms with van der Waals surface area (Å²) in [5.74, 6) is -0.364. The topological polar surface area (TPSA) is 86.3 Å². The van der Waals surface area contributed by atoms with Crippen LogP contribution in [0.5, 0.6) is 0 Å². The van der Waals surface area contributed by atoms with Gasteiger partial charge in [-0.05, 0) is 37.7 Å². The Morgan fingerprint density at radius 2 is 2.15 bits per heavy atom. The molecule has 2 fully saturated rings. The second-order valence-electron chi connectivity index (χ2n) is 5.96. The molecule has 0 spiro atoms. The first-order valence-corrected chi connectivity index (χ1v) is 7.15. The summed E-state index contributed by atoms with van der Waals surface area (Å²) in [4.78, 5) is 25.3. The second kappa shape index (κ2) is 4.92. The summed E-state index contributed by atoms with van der Waals surface area (Å²) >= 11 is 0.